The van der Waals surface area contributed by atoms with Gasteiger partial charge in [-0.05, 0) is 35.9 Å². The summed E-state index contributed by atoms with van der Waals surface area (Å²) in [5.41, 5.74) is 0.869. The first-order valence-corrected chi connectivity index (χ1v) is 11.9. The Bertz CT molecular complexity index is 1080. The number of ether oxygens (including phenoxy) is 2. The van der Waals surface area contributed by atoms with Gasteiger partial charge in [-0.15, -0.1) is 0 Å². The number of amides is 1. The number of benzene rings is 2. The third-order valence-electron chi connectivity index (χ3n) is 5.20. The van der Waals surface area contributed by atoms with Crippen LogP contribution in [0.15, 0.2) is 53.4 Å². The summed E-state index contributed by atoms with van der Waals surface area (Å²) in [5.74, 6) is 0.849. The van der Waals surface area contributed by atoms with Crippen molar-refractivity contribution in [3.8, 4) is 11.5 Å². The van der Waals surface area contributed by atoms with Crippen molar-refractivity contribution >= 4 is 33.6 Å². The lowest BCUT2D eigenvalue weighted by molar-refractivity contribution is -0.127. The van der Waals surface area contributed by atoms with Crippen LogP contribution in [0.1, 0.15) is 12.0 Å². The highest BCUT2D eigenvalue weighted by Crippen LogP contribution is 2.33. The third-order valence-corrected chi connectivity index (χ3v) is 7.34. The molecule has 9 heteroatoms. The molecule has 2 heterocycles. The molecule has 2 aromatic carbocycles. The minimum Gasteiger partial charge on any atom is -0.490 e. The van der Waals surface area contributed by atoms with Gasteiger partial charge in [-0.3, -0.25) is 4.79 Å². The summed E-state index contributed by atoms with van der Waals surface area (Å²) in [5, 5.41) is 0.634. The van der Waals surface area contributed by atoms with Gasteiger partial charge in [-0.25, -0.2) is 8.42 Å². The fourth-order valence-corrected chi connectivity index (χ4v) is 5.01. The van der Waals surface area contributed by atoms with Crippen LogP contribution in [0.3, 0.4) is 0 Å². The predicted octanol–water partition coefficient (Wildman–Crippen LogP) is 3.05. The Hall–Kier alpha value is -2.55. The standard InChI is InChI=1S/C22H23ClN2O5S/c23-18-5-2-17(3-6-18)4-9-22(26)24-10-12-25(13-11-24)31(27,28)19-7-8-20-21(16-19)30-15-1-14-29-20/h2-9,16H,1,10-15H2/b9-4+. The smallest absolute Gasteiger partial charge is 0.246 e. The van der Waals surface area contributed by atoms with E-state index in [1.807, 2.05) is 12.1 Å². The second kappa shape index (κ2) is 9.30. The Morgan fingerprint density at radius 1 is 0.935 bits per heavy atom. The van der Waals surface area contributed by atoms with Crippen molar-refractivity contribution in [3.63, 3.8) is 0 Å². The fraction of sp³-hybridized carbons (Fsp3) is 0.318. The monoisotopic (exact) mass is 462 g/mol. The molecule has 31 heavy (non-hydrogen) atoms. The van der Waals surface area contributed by atoms with Gasteiger partial charge in [0.2, 0.25) is 15.9 Å². The number of hydrogen-bond acceptors (Lipinski definition) is 5. The van der Waals surface area contributed by atoms with Gasteiger partial charge < -0.3 is 14.4 Å². The quantitative estimate of drug-likeness (QED) is 0.653. The summed E-state index contributed by atoms with van der Waals surface area (Å²) in [7, 11) is -3.69. The number of piperazine rings is 1. The molecule has 1 saturated heterocycles. The summed E-state index contributed by atoms with van der Waals surface area (Å²) >= 11 is 5.87. The van der Waals surface area contributed by atoms with E-state index in [1.54, 1.807) is 29.2 Å². The molecule has 0 unspecified atom stereocenters. The summed E-state index contributed by atoms with van der Waals surface area (Å²) in [6.45, 7) is 2.15. The Labute approximate surface area is 186 Å². The molecule has 0 saturated carbocycles. The first-order chi connectivity index (χ1) is 14.9. The van der Waals surface area contributed by atoms with E-state index in [1.165, 1.54) is 22.5 Å². The van der Waals surface area contributed by atoms with Crippen molar-refractivity contribution in [2.24, 2.45) is 0 Å². The van der Waals surface area contributed by atoms with Crippen molar-refractivity contribution in [1.29, 1.82) is 0 Å². The number of carbonyl (C=O) groups excluding carboxylic acids is 1. The molecule has 1 fully saturated rings. The molecule has 0 atom stereocenters. The molecule has 2 aliphatic rings. The predicted molar refractivity (Wildman–Crippen MR) is 118 cm³/mol. The Morgan fingerprint density at radius 3 is 2.32 bits per heavy atom. The summed E-state index contributed by atoms with van der Waals surface area (Å²) in [6.07, 6.45) is 3.97. The highest BCUT2D eigenvalue weighted by atomic mass is 35.5. The van der Waals surface area contributed by atoms with Crippen LogP contribution in [0.4, 0.5) is 0 Å². The second-order valence-corrected chi connectivity index (χ2v) is 9.65. The van der Waals surface area contributed by atoms with Crippen molar-refractivity contribution in [2.75, 3.05) is 39.4 Å². The second-order valence-electron chi connectivity index (χ2n) is 7.27. The van der Waals surface area contributed by atoms with Crippen molar-refractivity contribution in [3.05, 3.63) is 59.1 Å². The lowest BCUT2D eigenvalue weighted by atomic mass is 10.2. The van der Waals surface area contributed by atoms with E-state index in [0.29, 0.717) is 42.8 Å². The van der Waals surface area contributed by atoms with E-state index in [0.717, 1.165) is 12.0 Å². The van der Waals surface area contributed by atoms with E-state index < -0.39 is 10.0 Å². The van der Waals surface area contributed by atoms with Crippen LogP contribution in [-0.4, -0.2) is 62.9 Å². The van der Waals surface area contributed by atoms with Crippen molar-refractivity contribution < 1.29 is 22.7 Å². The van der Waals surface area contributed by atoms with Gasteiger partial charge in [0.1, 0.15) is 0 Å². The van der Waals surface area contributed by atoms with E-state index in [9.17, 15) is 13.2 Å². The minimum atomic E-state index is -3.69. The minimum absolute atomic E-state index is 0.150. The Morgan fingerprint density at radius 2 is 1.61 bits per heavy atom. The number of nitrogens with zero attached hydrogens (tertiary/aromatic N) is 2. The molecule has 1 amide bonds. The molecule has 0 bridgehead atoms. The molecule has 0 aliphatic carbocycles. The van der Waals surface area contributed by atoms with Gasteiger partial charge >= 0.3 is 0 Å². The largest absolute Gasteiger partial charge is 0.490 e. The van der Waals surface area contributed by atoms with Gasteiger partial charge in [0.05, 0.1) is 18.1 Å². The third kappa shape index (κ3) is 5.03. The van der Waals surface area contributed by atoms with E-state index >= 15 is 0 Å². The number of carbonyl (C=O) groups is 1. The molecule has 2 aliphatic heterocycles. The van der Waals surface area contributed by atoms with Gasteiger partial charge in [-0.1, -0.05) is 23.7 Å². The molecule has 0 radical (unpaired) electrons. The van der Waals surface area contributed by atoms with Crippen LogP contribution in [0.2, 0.25) is 5.02 Å². The van der Waals surface area contributed by atoms with E-state index in [4.69, 9.17) is 21.1 Å². The van der Waals surface area contributed by atoms with Gasteiger partial charge in [-0.2, -0.15) is 4.31 Å². The highest BCUT2D eigenvalue weighted by molar-refractivity contribution is 7.89. The van der Waals surface area contributed by atoms with Gasteiger partial charge in [0, 0.05) is 49.8 Å². The zero-order valence-corrected chi connectivity index (χ0v) is 18.4. The maximum absolute atomic E-state index is 13.1. The summed E-state index contributed by atoms with van der Waals surface area (Å²) < 4.78 is 38.7. The van der Waals surface area contributed by atoms with E-state index in [-0.39, 0.29) is 23.9 Å². The Balaban J connectivity index is 1.39. The maximum atomic E-state index is 13.1. The molecular weight excluding hydrogens is 440 g/mol. The average Bonchev–Trinajstić information content (AvgIpc) is 3.03. The Kier molecular flexibility index (Phi) is 6.50. The lowest BCUT2D eigenvalue weighted by Crippen LogP contribution is -2.50. The average molecular weight is 463 g/mol. The van der Waals surface area contributed by atoms with Gasteiger partial charge in [0.25, 0.3) is 0 Å². The molecule has 7 nitrogen and oxygen atoms in total. The van der Waals surface area contributed by atoms with Crippen LogP contribution in [0.25, 0.3) is 6.08 Å². The number of halogens is 1. The molecule has 2 aromatic rings. The topological polar surface area (TPSA) is 76.2 Å². The zero-order valence-electron chi connectivity index (χ0n) is 16.9. The fourth-order valence-electron chi connectivity index (χ4n) is 3.45. The lowest BCUT2D eigenvalue weighted by Gasteiger charge is -2.33. The van der Waals surface area contributed by atoms with Crippen LogP contribution in [-0.2, 0) is 14.8 Å². The number of rotatable bonds is 4. The molecule has 0 aromatic heterocycles. The van der Waals surface area contributed by atoms with Crippen LogP contribution >= 0.6 is 11.6 Å². The van der Waals surface area contributed by atoms with Crippen LogP contribution in [0.5, 0.6) is 11.5 Å². The number of sulfonamides is 1. The SMILES string of the molecule is O=C(/C=C/c1ccc(Cl)cc1)N1CCN(S(=O)(=O)c2ccc3c(c2)OCCCO3)CC1. The van der Waals surface area contributed by atoms with Crippen LogP contribution in [0, 0.1) is 0 Å². The molecule has 0 N–H and O–H groups in total. The number of hydrogen-bond donors (Lipinski definition) is 0. The molecule has 4 rings (SSSR count). The number of fused-ring (bicyclic) bond motifs is 1. The summed E-state index contributed by atoms with van der Waals surface area (Å²) in [4.78, 5) is 14.3. The first kappa shape index (κ1) is 21.7. The van der Waals surface area contributed by atoms with Gasteiger partial charge in [0.15, 0.2) is 11.5 Å². The van der Waals surface area contributed by atoms with Crippen molar-refractivity contribution in [1.82, 2.24) is 9.21 Å². The van der Waals surface area contributed by atoms with Crippen LogP contribution < -0.4 is 9.47 Å². The van der Waals surface area contributed by atoms with Crippen molar-refractivity contribution in [2.45, 2.75) is 11.3 Å². The highest BCUT2D eigenvalue weighted by Gasteiger charge is 2.30. The first-order valence-electron chi connectivity index (χ1n) is 10.1. The normalized spacial score (nSPS) is 17.5. The summed E-state index contributed by atoms with van der Waals surface area (Å²) in [6, 6.07) is 11.9. The zero-order chi connectivity index (χ0) is 21.8. The molecule has 164 valence electrons. The van der Waals surface area contributed by atoms with E-state index in [2.05, 4.69) is 0 Å². The molecule has 0 spiro atoms. The maximum Gasteiger partial charge on any atom is 0.246 e. The molecular formula is C22H23ClN2O5S.